The summed E-state index contributed by atoms with van der Waals surface area (Å²) in [6, 6.07) is 9.04. The predicted octanol–water partition coefficient (Wildman–Crippen LogP) is 0.390. The minimum atomic E-state index is -0.660. The molecule has 0 radical (unpaired) electrons. The molecule has 9 nitrogen and oxygen atoms in total. The number of nitrogens with zero attached hydrogens (tertiary/aromatic N) is 5. The van der Waals surface area contributed by atoms with Gasteiger partial charge in [0.1, 0.15) is 0 Å². The van der Waals surface area contributed by atoms with Crippen LogP contribution in [0.3, 0.4) is 0 Å². The summed E-state index contributed by atoms with van der Waals surface area (Å²) in [5, 5.41) is 11.3. The highest BCUT2D eigenvalue weighted by Crippen LogP contribution is 2.19. The van der Waals surface area contributed by atoms with Gasteiger partial charge in [-0.3, -0.25) is 13.9 Å². The highest BCUT2D eigenvalue weighted by molar-refractivity contribution is 5.72. The first-order chi connectivity index (χ1) is 10.9. The van der Waals surface area contributed by atoms with Crippen LogP contribution in [0.4, 0.5) is 5.95 Å². The summed E-state index contributed by atoms with van der Waals surface area (Å²) in [5.74, 6) is -0.470. The second kappa shape index (κ2) is 5.20. The first kappa shape index (κ1) is 14.7. The molecular formula is C14H13N5O4. The van der Waals surface area contributed by atoms with E-state index in [2.05, 4.69) is 4.98 Å². The molecule has 0 unspecified atom stereocenters. The third-order valence-corrected chi connectivity index (χ3v) is 3.67. The van der Waals surface area contributed by atoms with Gasteiger partial charge in [0, 0.05) is 14.1 Å². The Hall–Kier alpha value is -3.23. The van der Waals surface area contributed by atoms with Crippen molar-refractivity contribution in [3.8, 4) is 0 Å². The fraction of sp³-hybridized carbons (Fsp3) is 0.214. The fourth-order valence-corrected chi connectivity index (χ4v) is 2.53. The van der Waals surface area contributed by atoms with Crippen molar-refractivity contribution in [1.82, 2.24) is 18.7 Å². The van der Waals surface area contributed by atoms with E-state index < -0.39 is 22.1 Å². The lowest BCUT2D eigenvalue weighted by Crippen LogP contribution is -2.37. The molecule has 0 fully saturated rings. The molecule has 2 aromatic heterocycles. The number of benzene rings is 1. The van der Waals surface area contributed by atoms with Crippen LogP contribution in [0.15, 0.2) is 39.9 Å². The van der Waals surface area contributed by atoms with Crippen LogP contribution < -0.4 is 11.2 Å². The minimum Gasteiger partial charge on any atom is -0.390 e. The number of aromatic nitrogens is 4. The van der Waals surface area contributed by atoms with Gasteiger partial charge in [-0.2, -0.15) is 0 Å². The lowest BCUT2D eigenvalue weighted by molar-refractivity contribution is -0.396. The standard InChI is InChI=1S/C14H13N5O4/c1-16-11-10(12(20)17(2)14(16)21)15-13(19(22)23)18(11)8-9-6-4-3-5-7-9/h3-7H,8H2,1-2H3. The van der Waals surface area contributed by atoms with Crippen molar-refractivity contribution < 1.29 is 4.92 Å². The first-order valence-corrected chi connectivity index (χ1v) is 6.76. The summed E-state index contributed by atoms with van der Waals surface area (Å²) < 4.78 is 3.35. The van der Waals surface area contributed by atoms with Crippen LogP contribution in [-0.2, 0) is 20.6 Å². The lowest BCUT2D eigenvalue weighted by atomic mass is 10.2. The van der Waals surface area contributed by atoms with Gasteiger partial charge in [0.25, 0.3) is 5.52 Å². The molecule has 0 saturated carbocycles. The minimum absolute atomic E-state index is 0.0998. The van der Waals surface area contributed by atoms with Crippen LogP contribution in [0.25, 0.3) is 11.2 Å². The van der Waals surface area contributed by atoms with E-state index in [4.69, 9.17) is 0 Å². The van der Waals surface area contributed by atoms with E-state index in [1.54, 1.807) is 24.3 Å². The molecule has 118 valence electrons. The van der Waals surface area contributed by atoms with Crippen LogP contribution in [0.5, 0.6) is 0 Å². The van der Waals surface area contributed by atoms with Gasteiger partial charge in [0.2, 0.25) is 5.65 Å². The fourth-order valence-electron chi connectivity index (χ4n) is 2.53. The van der Waals surface area contributed by atoms with Gasteiger partial charge in [-0.1, -0.05) is 35.3 Å². The number of aryl methyl sites for hydroxylation is 1. The average Bonchev–Trinajstić information content (AvgIpc) is 2.91. The molecule has 9 heteroatoms. The quantitative estimate of drug-likeness (QED) is 0.513. The smallest absolute Gasteiger partial charge is 0.390 e. The Morgan fingerprint density at radius 3 is 2.39 bits per heavy atom. The molecule has 3 aromatic rings. The van der Waals surface area contributed by atoms with Gasteiger partial charge < -0.3 is 10.1 Å². The molecule has 1 aromatic carbocycles. The second-order valence-corrected chi connectivity index (χ2v) is 5.12. The Balaban J connectivity index is 2.39. The maximum Gasteiger partial charge on any atom is 0.437 e. The molecule has 0 atom stereocenters. The van der Waals surface area contributed by atoms with Crippen molar-refractivity contribution in [3.63, 3.8) is 0 Å². The predicted molar refractivity (Wildman–Crippen MR) is 82.4 cm³/mol. The normalized spacial score (nSPS) is 11.0. The van der Waals surface area contributed by atoms with Crippen LogP contribution in [0.2, 0.25) is 0 Å². The summed E-state index contributed by atoms with van der Waals surface area (Å²) in [4.78, 5) is 38.8. The maximum absolute atomic E-state index is 12.2. The van der Waals surface area contributed by atoms with Crippen molar-refractivity contribution in [2.24, 2.45) is 14.1 Å². The molecule has 0 aliphatic heterocycles. The number of fused-ring (bicyclic) bond motifs is 1. The summed E-state index contributed by atoms with van der Waals surface area (Å²) in [6.07, 6.45) is 0. The van der Waals surface area contributed by atoms with Crippen LogP contribution in [-0.4, -0.2) is 23.6 Å². The number of hydrogen-bond acceptors (Lipinski definition) is 5. The molecule has 0 amide bonds. The van der Waals surface area contributed by atoms with E-state index in [9.17, 15) is 19.7 Å². The van der Waals surface area contributed by atoms with E-state index >= 15 is 0 Å². The maximum atomic E-state index is 12.2. The lowest BCUT2D eigenvalue weighted by Gasteiger charge is -2.06. The Morgan fingerprint density at radius 1 is 1.13 bits per heavy atom. The Labute approximate surface area is 129 Å². The molecule has 3 rings (SSSR count). The zero-order chi connectivity index (χ0) is 16.7. The van der Waals surface area contributed by atoms with Gasteiger partial charge in [-0.25, -0.2) is 9.36 Å². The van der Waals surface area contributed by atoms with E-state index in [1.807, 2.05) is 6.07 Å². The molecule has 0 bridgehead atoms. The summed E-state index contributed by atoms with van der Waals surface area (Å²) in [5.41, 5.74) is -0.390. The first-order valence-electron chi connectivity index (χ1n) is 6.76. The summed E-state index contributed by atoms with van der Waals surface area (Å²) in [7, 11) is 2.77. The Kier molecular flexibility index (Phi) is 3.32. The third kappa shape index (κ3) is 2.22. The van der Waals surface area contributed by atoms with Crippen molar-refractivity contribution in [2.75, 3.05) is 0 Å². The zero-order valence-corrected chi connectivity index (χ0v) is 12.5. The largest absolute Gasteiger partial charge is 0.437 e. The van der Waals surface area contributed by atoms with Crippen molar-refractivity contribution >= 4 is 17.1 Å². The van der Waals surface area contributed by atoms with Crippen LogP contribution in [0.1, 0.15) is 5.56 Å². The van der Waals surface area contributed by atoms with Crippen LogP contribution >= 0.6 is 0 Å². The number of hydrogen-bond donors (Lipinski definition) is 0. The van der Waals surface area contributed by atoms with E-state index in [0.717, 1.165) is 10.1 Å². The van der Waals surface area contributed by atoms with E-state index in [0.29, 0.717) is 0 Å². The van der Waals surface area contributed by atoms with Gasteiger partial charge in [0.15, 0.2) is 0 Å². The molecule has 0 N–H and O–H groups in total. The van der Waals surface area contributed by atoms with Gasteiger partial charge >= 0.3 is 17.2 Å². The molecule has 23 heavy (non-hydrogen) atoms. The number of imidazole rings is 1. The summed E-state index contributed by atoms with van der Waals surface area (Å²) >= 11 is 0. The Bertz CT molecular complexity index is 1030. The third-order valence-electron chi connectivity index (χ3n) is 3.67. The second-order valence-electron chi connectivity index (χ2n) is 5.12. The molecule has 0 aliphatic carbocycles. The molecule has 0 saturated heterocycles. The monoisotopic (exact) mass is 315 g/mol. The van der Waals surface area contributed by atoms with E-state index in [1.165, 1.54) is 23.2 Å². The number of nitro groups is 1. The van der Waals surface area contributed by atoms with Gasteiger partial charge in [-0.05, 0) is 10.5 Å². The van der Waals surface area contributed by atoms with Crippen molar-refractivity contribution in [3.05, 3.63) is 66.8 Å². The highest BCUT2D eigenvalue weighted by atomic mass is 16.6. The average molecular weight is 315 g/mol. The van der Waals surface area contributed by atoms with Crippen molar-refractivity contribution in [2.45, 2.75) is 6.54 Å². The molecule has 2 heterocycles. The Morgan fingerprint density at radius 2 is 1.78 bits per heavy atom. The van der Waals surface area contributed by atoms with Gasteiger partial charge in [-0.15, -0.1) is 0 Å². The molecule has 0 aliphatic rings. The topological polar surface area (TPSA) is 105 Å². The zero-order valence-electron chi connectivity index (χ0n) is 12.5. The van der Waals surface area contributed by atoms with E-state index in [-0.39, 0.29) is 17.7 Å². The highest BCUT2D eigenvalue weighted by Gasteiger charge is 2.27. The molecular weight excluding hydrogens is 302 g/mol. The summed E-state index contributed by atoms with van der Waals surface area (Å²) in [6.45, 7) is 0.133. The SMILES string of the molecule is Cn1c(=O)c2nc([N+](=O)[O-])n(Cc3ccccc3)c2n(C)c1=O. The number of rotatable bonds is 3. The van der Waals surface area contributed by atoms with Crippen molar-refractivity contribution in [1.29, 1.82) is 0 Å². The molecule has 0 spiro atoms. The van der Waals surface area contributed by atoms with Crippen LogP contribution in [0, 0.1) is 10.1 Å². The van der Waals surface area contributed by atoms with Gasteiger partial charge in [0.05, 0.1) is 6.54 Å².